The van der Waals surface area contributed by atoms with E-state index >= 15 is 0 Å². The second-order valence-electron chi connectivity index (χ2n) is 8.11. The van der Waals surface area contributed by atoms with E-state index in [0.29, 0.717) is 24.4 Å². The minimum atomic E-state index is -3.63. The number of hydrogen-bond donors (Lipinski definition) is 0. The average molecular weight is 415 g/mol. The topological polar surface area (TPSA) is 57.7 Å². The van der Waals surface area contributed by atoms with Crippen LogP contribution in [0, 0.1) is 26.7 Å². The van der Waals surface area contributed by atoms with Crippen molar-refractivity contribution in [3.8, 4) is 0 Å². The first-order valence-electron chi connectivity index (χ1n) is 10.1. The van der Waals surface area contributed by atoms with E-state index in [9.17, 15) is 13.2 Å². The number of amides is 1. The van der Waals surface area contributed by atoms with E-state index in [2.05, 4.69) is 0 Å². The van der Waals surface area contributed by atoms with Gasteiger partial charge in [-0.25, -0.2) is 8.42 Å². The molecule has 5 nitrogen and oxygen atoms in total. The molecule has 0 bridgehead atoms. The molecule has 3 rings (SSSR count). The van der Waals surface area contributed by atoms with Gasteiger partial charge in [-0.1, -0.05) is 48.0 Å². The lowest BCUT2D eigenvalue weighted by Gasteiger charge is -2.34. The van der Waals surface area contributed by atoms with Gasteiger partial charge in [0.1, 0.15) is 0 Å². The summed E-state index contributed by atoms with van der Waals surface area (Å²) in [7, 11) is -1.84. The van der Waals surface area contributed by atoms with Gasteiger partial charge in [-0.05, 0) is 50.3 Å². The normalized spacial score (nSPS) is 17.9. The summed E-state index contributed by atoms with van der Waals surface area (Å²) in [6.07, 6.45) is 1.41. The summed E-state index contributed by atoms with van der Waals surface area (Å²) < 4.78 is 28.2. The summed E-state index contributed by atoms with van der Waals surface area (Å²) in [5.74, 6) is -0.301. The molecule has 2 aromatic carbocycles. The van der Waals surface area contributed by atoms with E-state index in [-0.39, 0.29) is 18.4 Å². The van der Waals surface area contributed by atoms with Gasteiger partial charge in [0, 0.05) is 26.7 Å². The maximum absolute atomic E-state index is 13.4. The number of sulfonamides is 1. The summed E-state index contributed by atoms with van der Waals surface area (Å²) >= 11 is 0. The number of aryl methyl sites for hydroxylation is 3. The molecule has 0 N–H and O–H groups in total. The lowest BCUT2D eigenvalue weighted by atomic mass is 9.98. The Morgan fingerprint density at radius 3 is 2.34 bits per heavy atom. The first kappa shape index (κ1) is 21.5. The van der Waals surface area contributed by atoms with Crippen molar-refractivity contribution < 1.29 is 13.2 Å². The van der Waals surface area contributed by atoms with Gasteiger partial charge >= 0.3 is 0 Å². The molecule has 156 valence electrons. The number of benzene rings is 2. The second-order valence-corrected chi connectivity index (χ2v) is 9.98. The van der Waals surface area contributed by atoms with Crippen LogP contribution >= 0.6 is 0 Å². The van der Waals surface area contributed by atoms with Gasteiger partial charge in [0.2, 0.25) is 15.9 Å². The molecular formula is C23H30N2O3S. The van der Waals surface area contributed by atoms with Gasteiger partial charge in [-0.3, -0.25) is 4.79 Å². The maximum Gasteiger partial charge on any atom is 0.243 e. The smallest absolute Gasteiger partial charge is 0.243 e. The highest BCUT2D eigenvalue weighted by Crippen LogP contribution is 2.29. The summed E-state index contributed by atoms with van der Waals surface area (Å²) in [5.41, 5.74) is 3.64. The predicted molar refractivity (Wildman–Crippen MR) is 115 cm³/mol. The molecule has 1 saturated heterocycles. The highest BCUT2D eigenvalue weighted by molar-refractivity contribution is 7.89. The zero-order valence-electron chi connectivity index (χ0n) is 17.7. The molecule has 1 fully saturated rings. The first-order valence-corrected chi connectivity index (χ1v) is 11.5. The van der Waals surface area contributed by atoms with Crippen molar-refractivity contribution in [2.24, 2.45) is 5.92 Å². The number of piperidine rings is 1. The molecule has 29 heavy (non-hydrogen) atoms. The molecule has 2 aromatic rings. The number of rotatable bonds is 5. The third kappa shape index (κ3) is 4.70. The van der Waals surface area contributed by atoms with E-state index in [0.717, 1.165) is 28.7 Å². The lowest BCUT2D eigenvalue weighted by Crippen LogP contribution is -2.45. The fraction of sp³-hybridized carbons (Fsp3) is 0.435. The quantitative estimate of drug-likeness (QED) is 0.750. The summed E-state index contributed by atoms with van der Waals surface area (Å²) in [6, 6.07) is 13.6. The summed E-state index contributed by atoms with van der Waals surface area (Å²) in [4.78, 5) is 15.1. The molecular weight excluding hydrogens is 384 g/mol. The van der Waals surface area contributed by atoms with Crippen molar-refractivity contribution in [1.82, 2.24) is 9.21 Å². The van der Waals surface area contributed by atoms with Crippen molar-refractivity contribution in [1.29, 1.82) is 0 Å². The van der Waals surface area contributed by atoms with Crippen LogP contribution in [0.3, 0.4) is 0 Å². The molecule has 0 radical (unpaired) electrons. The Labute approximate surface area is 174 Å². The van der Waals surface area contributed by atoms with Crippen LogP contribution in [0.15, 0.2) is 47.4 Å². The van der Waals surface area contributed by atoms with Gasteiger partial charge in [0.15, 0.2) is 0 Å². The zero-order valence-corrected chi connectivity index (χ0v) is 18.5. The average Bonchev–Trinajstić information content (AvgIpc) is 2.67. The van der Waals surface area contributed by atoms with Gasteiger partial charge in [-0.15, -0.1) is 0 Å². The van der Waals surface area contributed by atoms with E-state index in [1.54, 1.807) is 11.9 Å². The summed E-state index contributed by atoms with van der Waals surface area (Å²) in [5, 5.41) is 0. The molecule has 1 aliphatic heterocycles. The molecule has 0 saturated carbocycles. The van der Waals surface area contributed by atoms with Crippen LogP contribution < -0.4 is 0 Å². The molecule has 1 atom stereocenters. The molecule has 6 heteroatoms. The van der Waals surface area contributed by atoms with E-state index in [4.69, 9.17) is 0 Å². The fourth-order valence-electron chi connectivity index (χ4n) is 4.31. The van der Waals surface area contributed by atoms with Gasteiger partial charge in [0.05, 0.1) is 10.8 Å². The standard InChI is InChI=1S/C23H30N2O3S/c1-17-13-18(2)22(19(3)14-17)29(27,28)25-12-8-11-21(16-25)23(26)24(4)15-20-9-6-5-7-10-20/h5-7,9-10,13-14,21H,8,11-12,15-16H2,1-4H3. The van der Waals surface area contributed by atoms with Crippen LogP contribution in [0.1, 0.15) is 35.1 Å². The van der Waals surface area contributed by atoms with Gasteiger partial charge in [0.25, 0.3) is 0 Å². The predicted octanol–water partition coefficient (Wildman–Crippen LogP) is 3.67. The second kappa shape index (κ2) is 8.67. The molecule has 0 spiro atoms. The Kier molecular flexibility index (Phi) is 6.44. The third-order valence-electron chi connectivity index (χ3n) is 5.57. The molecule has 1 amide bonds. The molecule has 1 heterocycles. The van der Waals surface area contributed by atoms with Gasteiger partial charge < -0.3 is 4.90 Å². The fourth-order valence-corrected chi connectivity index (χ4v) is 6.25. The number of carbonyl (C=O) groups excluding carboxylic acids is 1. The maximum atomic E-state index is 13.4. The van der Waals surface area contributed by atoms with Crippen molar-refractivity contribution in [3.63, 3.8) is 0 Å². The van der Waals surface area contributed by atoms with E-state index in [1.807, 2.05) is 63.2 Å². The minimum Gasteiger partial charge on any atom is -0.341 e. The number of carbonyl (C=O) groups is 1. The lowest BCUT2D eigenvalue weighted by molar-refractivity contribution is -0.135. The van der Waals surface area contributed by atoms with Crippen LogP contribution in [0.5, 0.6) is 0 Å². The Morgan fingerprint density at radius 2 is 1.72 bits per heavy atom. The summed E-state index contributed by atoms with van der Waals surface area (Å²) in [6.45, 7) is 6.88. The van der Waals surface area contributed by atoms with Crippen LogP contribution in [-0.4, -0.2) is 43.7 Å². The number of nitrogens with zero attached hydrogens (tertiary/aromatic N) is 2. The molecule has 0 aliphatic carbocycles. The Morgan fingerprint density at radius 1 is 1.10 bits per heavy atom. The van der Waals surface area contributed by atoms with Gasteiger partial charge in [-0.2, -0.15) is 4.31 Å². The Bertz CT molecular complexity index is 963. The first-order chi connectivity index (χ1) is 13.7. The zero-order chi connectivity index (χ0) is 21.2. The number of hydrogen-bond acceptors (Lipinski definition) is 3. The Hall–Kier alpha value is -2.18. The SMILES string of the molecule is Cc1cc(C)c(S(=O)(=O)N2CCCC(C(=O)N(C)Cc3ccccc3)C2)c(C)c1. The van der Waals surface area contributed by atoms with Crippen LogP contribution in [0.4, 0.5) is 0 Å². The van der Waals surface area contributed by atoms with Crippen LogP contribution in [0.2, 0.25) is 0 Å². The third-order valence-corrected chi connectivity index (χ3v) is 7.75. The highest BCUT2D eigenvalue weighted by Gasteiger charge is 2.35. The molecule has 0 aromatic heterocycles. The van der Waals surface area contributed by atoms with Crippen LogP contribution in [0.25, 0.3) is 0 Å². The Balaban J connectivity index is 1.77. The monoisotopic (exact) mass is 414 g/mol. The molecule has 1 aliphatic rings. The van der Waals surface area contributed by atoms with Crippen molar-refractivity contribution >= 4 is 15.9 Å². The van der Waals surface area contributed by atoms with Crippen molar-refractivity contribution in [3.05, 3.63) is 64.7 Å². The van der Waals surface area contributed by atoms with Crippen LogP contribution in [-0.2, 0) is 21.4 Å². The highest BCUT2D eigenvalue weighted by atomic mass is 32.2. The minimum absolute atomic E-state index is 0.00565. The van der Waals surface area contributed by atoms with Crippen molar-refractivity contribution in [2.45, 2.75) is 45.1 Å². The molecule has 1 unspecified atom stereocenters. The van der Waals surface area contributed by atoms with Crippen molar-refractivity contribution in [2.75, 3.05) is 20.1 Å². The van der Waals surface area contributed by atoms with E-state index in [1.165, 1.54) is 4.31 Å². The largest absolute Gasteiger partial charge is 0.341 e. The van der Waals surface area contributed by atoms with E-state index < -0.39 is 10.0 Å².